The molecule has 0 N–H and O–H groups in total. The maximum Gasteiger partial charge on any atom is 0.321 e. The molecule has 0 aliphatic rings. The minimum Gasteiger partial charge on any atom is -0.465 e. The molecule has 1 aromatic heterocycles. The number of pyridine rings is 1. The molecule has 0 amide bonds. The Morgan fingerprint density at radius 3 is 2.33 bits per heavy atom. The topological polar surface area (TPSA) is 56.3 Å². The van der Waals surface area contributed by atoms with Gasteiger partial charge in [0.2, 0.25) is 0 Å². The number of esters is 1. The Bertz CT molecular complexity index is 626. The third kappa shape index (κ3) is 3.51. The third-order valence-electron chi connectivity index (χ3n) is 2.95. The van der Waals surface area contributed by atoms with Gasteiger partial charge in [-0.15, -0.1) is 0 Å². The molecule has 0 radical (unpaired) electrons. The molecule has 0 fully saturated rings. The molecule has 0 bridgehead atoms. The molecule has 0 saturated heterocycles. The van der Waals surface area contributed by atoms with Gasteiger partial charge in [0, 0.05) is 18.0 Å². The van der Waals surface area contributed by atoms with Crippen LogP contribution in [-0.4, -0.2) is 23.3 Å². The van der Waals surface area contributed by atoms with E-state index in [0.717, 1.165) is 0 Å². The number of ether oxygens (including phenoxy) is 1. The normalized spacial score (nSPS) is 11.7. The molecule has 1 aromatic carbocycles. The Labute approximate surface area is 121 Å². The Balaban J connectivity index is 2.39. The zero-order valence-corrected chi connectivity index (χ0v) is 11.5. The van der Waals surface area contributed by atoms with Crippen LogP contribution in [0.25, 0.3) is 0 Å². The van der Waals surface area contributed by atoms with E-state index in [1.54, 1.807) is 6.92 Å². The lowest BCUT2D eigenvalue weighted by Gasteiger charge is -2.15. The molecule has 2 rings (SSSR count). The van der Waals surface area contributed by atoms with E-state index in [2.05, 4.69) is 4.98 Å². The van der Waals surface area contributed by atoms with Crippen molar-refractivity contribution in [3.05, 3.63) is 65.7 Å². The largest absolute Gasteiger partial charge is 0.465 e. The molecule has 0 aliphatic carbocycles. The minimum absolute atomic E-state index is 0.167. The number of halogens is 1. The van der Waals surface area contributed by atoms with Gasteiger partial charge < -0.3 is 4.74 Å². The molecule has 1 atom stereocenters. The fourth-order valence-electron chi connectivity index (χ4n) is 1.96. The maximum absolute atomic E-state index is 13.0. The van der Waals surface area contributed by atoms with E-state index in [9.17, 15) is 14.0 Å². The van der Waals surface area contributed by atoms with Crippen molar-refractivity contribution in [3.8, 4) is 0 Å². The SMILES string of the molecule is CCOC(=O)C(C(=O)c1ccncc1)c1ccc(F)cc1. The number of hydrogen-bond acceptors (Lipinski definition) is 4. The fraction of sp³-hybridized carbons (Fsp3) is 0.188. The highest BCUT2D eigenvalue weighted by atomic mass is 19.1. The van der Waals surface area contributed by atoms with Gasteiger partial charge in [0.1, 0.15) is 11.7 Å². The van der Waals surface area contributed by atoms with Gasteiger partial charge in [-0.2, -0.15) is 0 Å². The van der Waals surface area contributed by atoms with Crippen molar-refractivity contribution >= 4 is 11.8 Å². The smallest absolute Gasteiger partial charge is 0.321 e. The monoisotopic (exact) mass is 287 g/mol. The van der Waals surface area contributed by atoms with Gasteiger partial charge in [-0.25, -0.2) is 4.39 Å². The lowest BCUT2D eigenvalue weighted by molar-refractivity contribution is -0.143. The van der Waals surface area contributed by atoms with Gasteiger partial charge in [0.05, 0.1) is 6.61 Å². The number of benzene rings is 1. The van der Waals surface area contributed by atoms with Gasteiger partial charge in [-0.3, -0.25) is 14.6 Å². The van der Waals surface area contributed by atoms with Crippen LogP contribution in [0.1, 0.15) is 28.8 Å². The van der Waals surface area contributed by atoms with Crippen LogP contribution in [0.15, 0.2) is 48.8 Å². The number of Topliss-reactive ketones (excluding diaryl/α,β-unsaturated/α-hetero) is 1. The highest BCUT2D eigenvalue weighted by Crippen LogP contribution is 2.23. The molecule has 2 aromatic rings. The molecular weight excluding hydrogens is 273 g/mol. The second-order valence-electron chi connectivity index (χ2n) is 4.34. The molecule has 4 nitrogen and oxygen atoms in total. The summed E-state index contributed by atoms with van der Waals surface area (Å²) in [7, 11) is 0. The van der Waals surface area contributed by atoms with Crippen molar-refractivity contribution in [1.29, 1.82) is 0 Å². The van der Waals surface area contributed by atoms with Crippen LogP contribution in [0, 0.1) is 5.82 Å². The summed E-state index contributed by atoms with van der Waals surface area (Å²) in [5, 5.41) is 0. The van der Waals surface area contributed by atoms with Crippen molar-refractivity contribution in [2.24, 2.45) is 0 Å². The van der Waals surface area contributed by atoms with Crippen molar-refractivity contribution in [1.82, 2.24) is 4.98 Å². The van der Waals surface area contributed by atoms with Gasteiger partial charge in [0.15, 0.2) is 5.78 Å². The van der Waals surface area contributed by atoms with Crippen LogP contribution in [0.3, 0.4) is 0 Å². The summed E-state index contributed by atoms with van der Waals surface area (Å²) in [6, 6.07) is 8.30. The Morgan fingerprint density at radius 1 is 1.14 bits per heavy atom. The third-order valence-corrected chi connectivity index (χ3v) is 2.95. The Hall–Kier alpha value is -2.56. The molecule has 0 saturated carbocycles. The van der Waals surface area contributed by atoms with Gasteiger partial charge >= 0.3 is 5.97 Å². The minimum atomic E-state index is -1.10. The molecule has 0 aliphatic heterocycles. The van der Waals surface area contributed by atoms with Gasteiger partial charge in [0.25, 0.3) is 0 Å². The average molecular weight is 287 g/mol. The van der Waals surface area contributed by atoms with Gasteiger partial charge in [-0.05, 0) is 36.8 Å². The van der Waals surface area contributed by atoms with E-state index in [4.69, 9.17) is 4.74 Å². The first kappa shape index (κ1) is 14.8. The van der Waals surface area contributed by atoms with Crippen molar-refractivity contribution in [2.45, 2.75) is 12.8 Å². The molecule has 5 heteroatoms. The van der Waals surface area contributed by atoms with Crippen molar-refractivity contribution < 1.29 is 18.7 Å². The number of carbonyl (C=O) groups is 2. The molecule has 21 heavy (non-hydrogen) atoms. The number of nitrogens with zero attached hydrogens (tertiary/aromatic N) is 1. The van der Waals surface area contributed by atoms with E-state index < -0.39 is 23.5 Å². The van der Waals surface area contributed by atoms with E-state index in [-0.39, 0.29) is 6.61 Å². The predicted octanol–water partition coefficient (Wildman–Crippen LogP) is 2.75. The summed E-state index contributed by atoms with van der Waals surface area (Å²) in [5.41, 5.74) is 0.754. The summed E-state index contributed by atoms with van der Waals surface area (Å²) in [4.78, 5) is 28.4. The molecule has 108 valence electrons. The zero-order valence-electron chi connectivity index (χ0n) is 11.5. The summed E-state index contributed by atoms with van der Waals surface area (Å²) in [5.74, 6) is -2.58. The first-order valence-corrected chi connectivity index (χ1v) is 6.49. The van der Waals surface area contributed by atoms with Crippen LogP contribution in [0.5, 0.6) is 0 Å². The lowest BCUT2D eigenvalue weighted by Crippen LogP contribution is -2.24. The first-order valence-electron chi connectivity index (χ1n) is 6.49. The second-order valence-corrected chi connectivity index (χ2v) is 4.34. The van der Waals surface area contributed by atoms with E-state index in [1.165, 1.54) is 48.8 Å². The number of rotatable bonds is 5. The molecule has 1 heterocycles. The van der Waals surface area contributed by atoms with E-state index >= 15 is 0 Å². The van der Waals surface area contributed by atoms with E-state index in [0.29, 0.717) is 11.1 Å². The molecule has 0 spiro atoms. The number of carbonyl (C=O) groups excluding carboxylic acids is 2. The molecule has 1 unspecified atom stereocenters. The predicted molar refractivity (Wildman–Crippen MR) is 74.3 cm³/mol. The van der Waals surface area contributed by atoms with Crippen molar-refractivity contribution in [3.63, 3.8) is 0 Å². The standard InChI is InChI=1S/C16H14FNO3/c1-2-21-16(20)14(11-3-5-13(17)6-4-11)15(19)12-7-9-18-10-8-12/h3-10,14H,2H2,1H3. The average Bonchev–Trinajstić information content (AvgIpc) is 2.50. The van der Waals surface area contributed by atoms with Crippen LogP contribution in [0.2, 0.25) is 0 Å². The number of hydrogen-bond donors (Lipinski definition) is 0. The van der Waals surface area contributed by atoms with Crippen LogP contribution < -0.4 is 0 Å². The first-order chi connectivity index (χ1) is 10.1. The lowest BCUT2D eigenvalue weighted by atomic mass is 9.91. The Kier molecular flexibility index (Phi) is 4.77. The van der Waals surface area contributed by atoms with Crippen LogP contribution in [0.4, 0.5) is 4.39 Å². The Morgan fingerprint density at radius 2 is 1.76 bits per heavy atom. The van der Waals surface area contributed by atoms with Crippen molar-refractivity contribution in [2.75, 3.05) is 6.61 Å². The summed E-state index contributed by atoms with van der Waals surface area (Å²) >= 11 is 0. The summed E-state index contributed by atoms with van der Waals surface area (Å²) < 4.78 is 18.0. The summed E-state index contributed by atoms with van der Waals surface area (Å²) in [6.07, 6.45) is 2.94. The second kappa shape index (κ2) is 6.74. The van der Waals surface area contributed by atoms with Crippen LogP contribution in [-0.2, 0) is 9.53 Å². The maximum atomic E-state index is 13.0. The molecular formula is C16H14FNO3. The number of aromatic nitrogens is 1. The fourth-order valence-corrected chi connectivity index (χ4v) is 1.96. The quantitative estimate of drug-likeness (QED) is 0.482. The number of ketones is 1. The van der Waals surface area contributed by atoms with Gasteiger partial charge in [-0.1, -0.05) is 12.1 Å². The zero-order chi connectivity index (χ0) is 15.2. The summed E-state index contributed by atoms with van der Waals surface area (Å²) in [6.45, 7) is 1.83. The highest BCUT2D eigenvalue weighted by Gasteiger charge is 2.30. The highest BCUT2D eigenvalue weighted by molar-refractivity contribution is 6.12. The van der Waals surface area contributed by atoms with Crippen LogP contribution >= 0.6 is 0 Å². The van der Waals surface area contributed by atoms with E-state index in [1.807, 2.05) is 0 Å².